The lowest BCUT2D eigenvalue weighted by molar-refractivity contribution is 0.0135. The average Bonchev–Trinajstić information content (AvgIpc) is 3.55. The van der Waals surface area contributed by atoms with Crippen molar-refractivity contribution in [3.8, 4) is 5.82 Å². The predicted octanol–water partition coefficient (Wildman–Crippen LogP) is 3.63. The molecule has 4 aromatic rings. The molecule has 3 atom stereocenters. The molecule has 0 amide bonds. The summed E-state index contributed by atoms with van der Waals surface area (Å²) in [5.74, 6) is 0.446. The van der Waals surface area contributed by atoms with Gasteiger partial charge >= 0.3 is 5.69 Å². The summed E-state index contributed by atoms with van der Waals surface area (Å²) in [6.07, 6.45) is 5.35. The van der Waals surface area contributed by atoms with Crippen LogP contribution in [0.4, 0.5) is 0 Å². The van der Waals surface area contributed by atoms with E-state index in [-0.39, 0.29) is 22.4 Å². The van der Waals surface area contributed by atoms with Crippen LogP contribution in [0.1, 0.15) is 22.9 Å². The number of nitrogens with zero attached hydrogens (tertiary/aromatic N) is 5. The Hall–Kier alpha value is -3.27. The third-order valence-electron chi connectivity index (χ3n) is 5.66. The van der Waals surface area contributed by atoms with E-state index in [9.17, 15) is 4.79 Å². The van der Waals surface area contributed by atoms with Crippen LogP contribution < -0.4 is 5.69 Å². The predicted molar refractivity (Wildman–Crippen MR) is 130 cm³/mol. The maximum absolute atomic E-state index is 12.8. The number of thioether (sulfide) groups is 1. The molecule has 1 fully saturated rings. The Balaban J connectivity index is 1.28. The number of aromatic nitrogens is 5. The van der Waals surface area contributed by atoms with E-state index in [0.717, 1.165) is 11.1 Å². The summed E-state index contributed by atoms with van der Waals surface area (Å²) in [6, 6.07) is 22.0. The molecule has 0 N–H and O–H groups in total. The molecule has 0 bridgehead atoms. The zero-order valence-electron chi connectivity index (χ0n) is 18.5. The average molecular weight is 476 g/mol. The Morgan fingerprint density at radius 2 is 1.71 bits per heavy atom. The van der Waals surface area contributed by atoms with E-state index in [4.69, 9.17) is 9.47 Å². The van der Waals surface area contributed by atoms with E-state index in [1.165, 1.54) is 17.3 Å². The van der Waals surface area contributed by atoms with Crippen LogP contribution in [0.3, 0.4) is 0 Å². The molecule has 1 aliphatic heterocycles. The minimum absolute atomic E-state index is 0.0483. The van der Waals surface area contributed by atoms with Gasteiger partial charge in [-0.1, -0.05) is 60.7 Å². The molecule has 0 spiro atoms. The first-order chi connectivity index (χ1) is 16.8. The molecule has 0 radical (unpaired) electrons. The lowest BCUT2D eigenvalue weighted by Crippen LogP contribution is -2.27. The number of hydrogen-bond acceptors (Lipinski definition) is 7. The molecule has 174 valence electrons. The van der Waals surface area contributed by atoms with Gasteiger partial charge in [0.05, 0.1) is 36.5 Å². The van der Waals surface area contributed by atoms with Gasteiger partial charge in [0, 0.05) is 12.6 Å². The van der Waals surface area contributed by atoms with Crippen molar-refractivity contribution in [2.45, 2.75) is 36.4 Å². The van der Waals surface area contributed by atoms with E-state index in [1.807, 2.05) is 36.4 Å². The molecule has 1 unspecified atom stereocenters. The first kappa shape index (κ1) is 22.5. The lowest BCUT2D eigenvalue weighted by Gasteiger charge is -2.19. The van der Waals surface area contributed by atoms with Crippen molar-refractivity contribution in [3.63, 3.8) is 0 Å². The molecule has 9 heteroatoms. The molecule has 5 rings (SSSR count). The van der Waals surface area contributed by atoms with Gasteiger partial charge in [0.1, 0.15) is 12.7 Å². The largest absolute Gasteiger partial charge is 0.376 e. The van der Waals surface area contributed by atoms with Crippen LogP contribution in [0.25, 0.3) is 5.82 Å². The van der Waals surface area contributed by atoms with Gasteiger partial charge in [-0.2, -0.15) is 10.1 Å². The van der Waals surface area contributed by atoms with Crippen LogP contribution in [0.2, 0.25) is 0 Å². The maximum Gasteiger partial charge on any atom is 0.350 e. The van der Waals surface area contributed by atoms with Crippen molar-refractivity contribution in [2.75, 3.05) is 6.61 Å². The highest BCUT2D eigenvalue weighted by molar-refractivity contribution is 8.00. The summed E-state index contributed by atoms with van der Waals surface area (Å²) in [5, 5.41) is 4.05. The van der Waals surface area contributed by atoms with E-state index >= 15 is 0 Å². The zero-order chi connectivity index (χ0) is 23.2. The summed E-state index contributed by atoms with van der Waals surface area (Å²) in [4.78, 5) is 20.9. The third-order valence-corrected chi connectivity index (χ3v) is 7.18. The molecule has 8 nitrogen and oxygen atoms in total. The van der Waals surface area contributed by atoms with Crippen LogP contribution in [-0.4, -0.2) is 42.3 Å². The van der Waals surface area contributed by atoms with Gasteiger partial charge in [0.2, 0.25) is 0 Å². The molecule has 1 saturated heterocycles. The van der Waals surface area contributed by atoms with Crippen LogP contribution >= 0.6 is 11.8 Å². The highest BCUT2D eigenvalue weighted by atomic mass is 32.2. The van der Waals surface area contributed by atoms with Crippen LogP contribution in [0.5, 0.6) is 0 Å². The third kappa shape index (κ3) is 5.44. The lowest BCUT2D eigenvalue weighted by atomic mass is 10.1. The molecule has 2 aromatic heterocycles. The van der Waals surface area contributed by atoms with Gasteiger partial charge in [0.25, 0.3) is 0 Å². The van der Waals surface area contributed by atoms with Crippen molar-refractivity contribution < 1.29 is 9.47 Å². The Kier molecular flexibility index (Phi) is 7.13. The molecular weight excluding hydrogens is 450 g/mol. The van der Waals surface area contributed by atoms with E-state index < -0.39 is 0 Å². The fraction of sp³-hybridized carbons (Fsp3) is 0.280. The minimum atomic E-state index is -0.321. The van der Waals surface area contributed by atoms with Crippen molar-refractivity contribution in [2.24, 2.45) is 0 Å². The van der Waals surface area contributed by atoms with E-state index in [0.29, 0.717) is 32.1 Å². The van der Waals surface area contributed by atoms with E-state index in [2.05, 4.69) is 39.3 Å². The van der Waals surface area contributed by atoms with Crippen molar-refractivity contribution >= 4 is 11.8 Å². The summed E-state index contributed by atoms with van der Waals surface area (Å²) in [6.45, 7) is 1.60. The highest BCUT2D eigenvalue weighted by Crippen LogP contribution is 2.43. The summed E-state index contributed by atoms with van der Waals surface area (Å²) < 4.78 is 15.5. The molecule has 0 aliphatic carbocycles. The van der Waals surface area contributed by atoms with Gasteiger partial charge < -0.3 is 9.47 Å². The quantitative estimate of drug-likeness (QED) is 0.365. The molecule has 2 aromatic carbocycles. The maximum atomic E-state index is 12.8. The van der Waals surface area contributed by atoms with Crippen molar-refractivity contribution in [1.29, 1.82) is 0 Å². The molecular formula is C25H25N5O3S. The van der Waals surface area contributed by atoms with Gasteiger partial charge in [-0.05, 0) is 17.2 Å². The summed E-state index contributed by atoms with van der Waals surface area (Å²) >= 11 is 1.70. The normalized spacial score (nSPS) is 19.9. The SMILES string of the molecule is O=c1nc(-n2cncn2)ccn1C1C[C@H](OCc2ccccc2)[C@H](COCc2ccccc2)S1. The number of ether oxygens (including phenoxy) is 2. The van der Waals surface area contributed by atoms with Crippen LogP contribution in [-0.2, 0) is 22.7 Å². The van der Waals surface area contributed by atoms with Crippen molar-refractivity contribution in [3.05, 3.63) is 107 Å². The fourth-order valence-corrected chi connectivity index (χ4v) is 5.45. The molecule has 1 aliphatic rings. The molecule has 0 saturated carbocycles. The first-order valence-electron chi connectivity index (χ1n) is 11.1. The van der Waals surface area contributed by atoms with Gasteiger partial charge in [-0.3, -0.25) is 4.57 Å². The zero-order valence-corrected chi connectivity index (χ0v) is 19.3. The monoisotopic (exact) mass is 475 g/mol. The second-order valence-corrected chi connectivity index (χ2v) is 9.44. The topological polar surface area (TPSA) is 84.1 Å². The van der Waals surface area contributed by atoms with Crippen molar-refractivity contribution in [1.82, 2.24) is 24.3 Å². The minimum Gasteiger partial charge on any atom is -0.376 e. The Bertz CT molecular complexity index is 1230. The highest BCUT2D eigenvalue weighted by Gasteiger charge is 2.37. The first-order valence-corrected chi connectivity index (χ1v) is 12.1. The van der Waals surface area contributed by atoms with Gasteiger partial charge in [0.15, 0.2) is 5.82 Å². The smallest absolute Gasteiger partial charge is 0.350 e. The standard InChI is InChI=1S/C25H25N5O3S/c31-25-28-23(30-18-26-17-27-30)11-12-29(25)24-13-21(33-15-20-9-5-2-6-10-20)22(34-24)16-32-14-19-7-3-1-4-8-19/h1-12,17-18,21-22,24H,13-16H2/t21-,22-,24?/m0/s1. The molecule has 34 heavy (non-hydrogen) atoms. The number of benzene rings is 2. The second kappa shape index (κ2) is 10.8. The second-order valence-electron chi connectivity index (χ2n) is 8.02. The van der Waals surface area contributed by atoms with E-state index in [1.54, 1.807) is 28.6 Å². The summed E-state index contributed by atoms with van der Waals surface area (Å²) in [7, 11) is 0. The number of rotatable bonds is 9. The molecule has 3 heterocycles. The Morgan fingerprint density at radius 1 is 0.971 bits per heavy atom. The summed E-state index contributed by atoms with van der Waals surface area (Å²) in [5.41, 5.74) is 1.93. The van der Waals surface area contributed by atoms with Crippen LogP contribution in [0.15, 0.2) is 90.4 Å². The number of hydrogen-bond donors (Lipinski definition) is 0. The Morgan fingerprint density at radius 3 is 2.38 bits per heavy atom. The van der Waals surface area contributed by atoms with Gasteiger partial charge in [-0.15, -0.1) is 11.8 Å². The van der Waals surface area contributed by atoms with Gasteiger partial charge in [-0.25, -0.2) is 14.5 Å². The Labute approximate surface area is 201 Å². The fourth-order valence-electron chi connectivity index (χ4n) is 3.92. The van der Waals surface area contributed by atoms with Crippen LogP contribution in [0, 0.1) is 0 Å².